The second-order valence-corrected chi connectivity index (χ2v) is 6.70. The van der Waals surface area contributed by atoms with Gasteiger partial charge in [0, 0.05) is 18.2 Å². The molecule has 0 bridgehead atoms. The minimum absolute atomic E-state index is 0.179. The summed E-state index contributed by atoms with van der Waals surface area (Å²) in [5, 5.41) is 3.31. The molecule has 23 heavy (non-hydrogen) atoms. The lowest BCUT2D eigenvalue weighted by Gasteiger charge is -2.16. The highest BCUT2D eigenvalue weighted by Gasteiger charge is 2.12. The number of rotatable bonds is 5. The van der Waals surface area contributed by atoms with Gasteiger partial charge in [0.25, 0.3) is 0 Å². The number of benzene rings is 1. The SMILES string of the molecule is CN(C)Cc1ccc(CN=C(N)NC2CCCCCC2)cc1F. The number of halogens is 1. The molecule has 1 aromatic carbocycles. The number of nitrogens with zero attached hydrogens (tertiary/aromatic N) is 2. The molecule has 0 radical (unpaired) electrons. The first-order valence-electron chi connectivity index (χ1n) is 8.53. The second kappa shape index (κ2) is 8.87. The van der Waals surface area contributed by atoms with Gasteiger partial charge in [0.05, 0.1) is 6.54 Å². The molecule has 0 aromatic heterocycles. The maximum atomic E-state index is 14.0. The molecule has 2 rings (SSSR count). The van der Waals surface area contributed by atoms with Crippen LogP contribution in [0.15, 0.2) is 23.2 Å². The summed E-state index contributed by atoms with van der Waals surface area (Å²) in [6.45, 7) is 1.01. The lowest BCUT2D eigenvalue weighted by Crippen LogP contribution is -2.39. The molecule has 5 heteroatoms. The zero-order chi connectivity index (χ0) is 16.7. The molecule has 0 saturated heterocycles. The number of hydrogen-bond acceptors (Lipinski definition) is 2. The van der Waals surface area contributed by atoms with E-state index in [-0.39, 0.29) is 5.82 Å². The summed E-state index contributed by atoms with van der Waals surface area (Å²) in [5.74, 6) is 0.288. The minimum atomic E-state index is -0.179. The highest BCUT2D eigenvalue weighted by molar-refractivity contribution is 5.78. The third-order valence-electron chi connectivity index (χ3n) is 4.24. The van der Waals surface area contributed by atoms with Crippen LogP contribution in [-0.4, -0.2) is 31.0 Å². The average Bonchev–Trinajstić information content (AvgIpc) is 2.76. The lowest BCUT2D eigenvalue weighted by molar-refractivity contribution is 0.392. The molecule has 0 amide bonds. The monoisotopic (exact) mass is 320 g/mol. The van der Waals surface area contributed by atoms with Crippen molar-refractivity contribution < 1.29 is 4.39 Å². The quantitative estimate of drug-likeness (QED) is 0.498. The predicted octanol–water partition coefficient (Wildman–Crippen LogP) is 3.01. The van der Waals surface area contributed by atoms with E-state index < -0.39 is 0 Å². The van der Waals surface area contributed by atoms with Crippen LogP contribution in [0, 0.1) is 5.82 Å². The van der Waals surface area contributed by atoms with Crippen LogP contribution < -0.4 is 11.1 Å². The topological polar surface area (TPSA) is 53.6 Å². The van der Waals surface area contributed by atoms with Crippen LogP contribution in [0.3, 0.4) is 0 Å². The summed E-state index contributed by atoms with van der Waals surface area (Å²) < 4.78 is 14.0. The number of hydrogen-bond donors (Lipinski definition) is 2. The molecule has 0 heterocycles. The molecular formula is C18H29FN4. The Bertz CT molecular complexity index is 520. The van der Waals surface area contributed by atoms with Crippen LogP contribution in [0.2, 0.25) is 0 Å². The van der Waals surface area contributed by atoms with Gasteiger partial charge in [-0.3, -0.25) is 0 Å². The summed E-state index contributed by atoms with van der Waals surface area (Å²) in [6, 6.07) is 5.74. The molecule has 4 nitrogen and oxygen atoms in total. The highest BCUT2D eigenvalue weighted by atomic mass is 19.1. The van der Waals surface area contributed by atoms with E-state index in [1.54, 1.807) is 6.07 Å². The molecule has 3 N–H and O–H groups in total. The first kappa shape index (κ1) is 17.7. The third-order valence-corrected chi connectivity index (χ3v) is 4.24. The average molecular weight is 320 g/mol. The molecule has 1 aliphatic carbocycles. The van der Waals surface area contributed by atoms with Crippen molar-refractivity contribution in [3.63, 3.8) is 0 Å². The van der Waals surface area contributed by atoms with E-state index in [2.05, 4.69) is 10.3 Å². The fraction of sp³-hybridized carbons (Fsp3) is 0.611. The van der Waals surface area contributed by atoms with E-state index in [0.29, 0.717) is 30.7 Å². The number of aliphatic imine (C=N–C) groups is 1. The lowest BCUT2D eigenvalue weighted by atomic mass is 10.1. The molecular weight excluding hydrogens is 291 g/mol. The maximum absolute atomic E-state index is 14.0. The van der Waals surface area contributed by atoms with Crippen LogP contribution in [0.1, 0.15) is 49.7 Å². The summed E-state index contributed by atoms with van der Waals surface area (Å²) in [4.78, 5) is 6.31. The van der Waals surface area contributed by atoms with Crippen molar-refractivity contribution in [3.8, 4) is 0 Å². The zero-order valence-corrected chi connectivity index (χ0v) is 14.3. The third kappa shape index (κ3) is 6.18. The molecule has 1 saturated carbocycles. The Balaban J connectivity index is 1.89. The first-order valence-corrected chi connectivity index (χ1v) is 8.53. The summed E-state index contributed by atoms with van der Waals surface area (Å²) in [5.41, 5.74) is 7.52. The van der Waals surface area contributed by atoms with E-state index in [1.165, 1.54) is 25.7 Å². The summed E-state index contributed by atoms with van der Waals surface area (Å²) in [6.07, 6.45) is 7.45. The van der Waals surface area contributed by atoms with Crippen molar-refractivity contribution in [1.29, 1.82) is 0 Å². The van der Waals surface area contributed by atoms with Crippen LogP contribution in [0.4, 0.5) is 4.39 Å². The molecule has 0 aliphatic heterocycles. The van der Waals surface area contributed by atoms with Crippen LogP contribution >= 0.6 is 0 Å². The molecule has 0 unspecified atom stereocenters. The Morgan fingerprint density at radius 2 is 1.96 bits per heavy atom. The van der Waals surface area contributed by atoms with Gasteiger partial charge < -0.3 is 16.0 Å². The number of nitrogens with two attached hydrogens (primary N) is 1. The smallest absolute Gasteiger partial charge is 0.189 e. The molecule has 128 valence electrons. The van der Waals surface area contributed by atoms with E-state index in [1.807, 2.05) is 31.1 Å². The van der Waals surface area contributed by atoms with Crippen LogP contribution in [-0.2, 0) is 13.1 Å². The Kier molecular flexibility index (Phi) is 6.84. The fourth-order valence-corrected chi connectivity index (χ4v) is 3.01. The summed E-state index contributed by atoms with van der Waals surface area (Å²) >= 11 is 0. The number of nitrogens with one attached hydrogen (secondary N) is 1. The van der Waals surface area contributed by atoms with Gasteiger partial charge in [0.2, 0.25) is 0 Å². The van der Waals surface area contributed by atoms with Gasteiger partial charge in [0.1, 0.15) is 5.82 Å². The maximum Gasteiger partial charge on any atom is 0.189 e. The van der Waals surface area contributed by atoms with Crippen molar-refractivity contribution in [2.24, 2.45) is 10.7 Å². The van der Waals surface area contributed by atoms with Crippen molar-refractivity contribution in [3.05, 3.63) is 35.1 Å². The largest absolute Gasteiger partial charge is 0.370 e. The van der Waals surface area contributed by atoms with Gasteiger partial charge in [-0.1, -0.05) is 37.8 Å². The fourth-order valence-electron chi connectivity index (χ4n) is 3.01. The van der Waals surface area contributed by atoms with Crippen LogP contribution in [0.5, 0.6) is 0 Å². The van der Waals surface area contributed by atoms with Crippen molar-refractivity contribution in [1.82, 2.24) is 10.2 Å². The Labute approximate surface area is 139 Å². The van der Waals surface area contributed by atoms with E-state index >= 15 is 0 Å². The van der Waals surface area contributed by atoms with E-state index in [9.17, 15) is 4.39 Å². The van der Waals surface area contributed by atoms with Crippen molar-refractivity contribution in [2.75, 3.05) is 14.1 Å². The van der Waals surface area contributed by atoms with Crippen molar-refractivity contribution in [2.45, 2.75) is 57.7 Å². The predicted molar refractivity (Wildman–Crippen MR) is 93.7 cm³/mol. The molecule has 0 atom stereocenters. The van der Waals surface area contributed by atoms with E-state index in [0.717, 1.165) is 18.4 Å². The first-order chi connectivity index (χ1) is 11.0. The van der Waals surface area contributed by atoms with Gasteiger partial charge in [-0.05, 0) is 38.6 Å². The Hall–Kier alpha value is -1.62. The van der Waals surface area contributed by atoms with Gasteiger partial charge >= 0.3 is 0 Å². The minimum Gasteiger partial charge on any atom is -0.370 e. The van der Waals surface area contributed by atoms with Gasteiger partial charge in [0.15, 0.2) is 5.96 Å². The molecule has 1 aliphatic rings. The van der Waals surface area contributed by atoms with Crippen LogP contribution in [0.25, 0.3) is 0 Å². The summed E-state index contributed by atoms with van der Waals surface area (Å²) in [7, 11) is 3.86. The van der Waals surface area contributed by atoms with Crippen molar-refractivity contribution >= 4 is 5.96 Å². The Morgan fingerprint density at radius 1 is 1.26 bits per heavy atom. The zero-order valence-electron chi connectivity index (χ0n) is 14.3. The van der Waals surface area contributed by atoms with Gasteiger partial charge in [-0.15, -0.1) is 0 Å². The molecule has 1 fully saturated rings. The van der Waals surface area contributed by atoms with E-state index in [4.69, 9.17) is 5.73 Å². The standard InChI is InChI=1S/C18H29FN4/c1-23(2)13-15-10-9-14(11-17(15)19)12-21-18(20)22-16-7-5-3-4-6-8-16/h9-11,16H,3-8,12-13H2,1-2H3,(H3,20,21,22). The normalized spacial score (nSPS) is 17.3. The van der Waals surface area contributed by atoms with Gasteiger partial charge in [-0.25, -0.2) is 9.38 Å². The Morgan fingerprint density at radius 3 is 2.57 bits per heavy atom. The highest BCUT2D eigenvalue weighted by Crippen LogP contribution is 2.17. The second-order valence-electron chi connectivity index (χ2n) is 6.70. The molecule has 1 aromatic rings. The number of guanidine groups is 1. The van der Waals surface area contributed by atoms with Gasteiger partial charge in [-0.2, -0.15) is 0 Å². The molecule has 0 spiro atoms.